The summed E-state index contributed by atoms with van der Waals surface area (Å²) < 4.78 is 2.23. The van der Waals surface area contributed by atoms with Crippen LogP contribution in [0.1, 0.15) is 26.1 Å². The lowest BCUT2D eigenvalue weighted by molar-refractivity contribution is -0.133. The molecule has 130 valence electrons. The smallest absolute Gasteiger partial charge is 0.285 e. The van der Waals surface area contributed by atoms with E-state index in [1.807, 2.05) is 49.7 Å². The van der Waals surface area contributed by atoms with Crippen LogP contribution in [-0.2, 0) is 16.6 Å². The van der Waals surface area contributed by atoms with Gasteiger partial charge in [0.25, 0.3) is 5.91 Å². The topological polar surface area (TPSA) is 67.2 Å². The van der Waals surface area contributed by atoms with Gasteiger partial charge in [-0.15, -0.1) is 0 Å². The number of thioether (sulfide) groups is 1. The Labute approximate surface area is 155 Å². The first-order valence-corrected chi connectivity index (χ1v) is 9.08. The molecule has 1 aliphatic rings. The summed E-state index contributed by atoms with van der Waals surface area (Å²) in [5.74, 6) is 0.304. The van der Waals surface area contributed by atoms with E-state index >= 15 is 0 Å². The van der Waals surface area contributed by atoms with Crippen molar-refractivity contribution < 1.29 is 9.59 Å². The predicted molar refractivity (Wildman–Crippen MR) is 103 cm³/mol. The van der Waals surface area contributed by atoms with Crippen molar-refractivity contribution in [1.82, 2.24) is 20.0 Å². The normalized spacial score (nSPS) is 16.5. The van der Waals surface area contributed by atoms with Gasteiger partial charge in [-0.1, -0.05) is 37.7 Å². The number of hydrogen-bond acceptors (Lipinski definition) is 5. The number of thiocarbonyl (C=S) groups is 1. The van der Waals surface area contributed by atoms with E-state index in [0.29, 0.717) is 21.5 Å². The molecule has 1 aliphatic heterocycles. The van der Waals surface area contributed by atoms with Gasteiger partial charge in [0.2, 0.25) is 5.91 Å². The van der Waals surface area contributed by atoms with Crippen LogP contribution in [0.15, 0.2) is 29.2 Å². The first-order valence-electron chi connectivity index (χ1n) is 7.85. The molecule has 1 fully saturated rings. The second kappa shape index (κ2) is 6.97. The van der Waals surface area contributed by atoms with Gasteiger partial charge in [-0.05, 0) is 30.3 Å². The molecule has 2 heterocycles. The number of hydrogen-bond donors (Lipinski definition) is 1. The van der Waals surface area contributed by atoms with E-state index in [2.05, 4.69) is 10.4 Å². The summed E-state index contributed by atoms with van der Waals surface area (Å²) in [6.45, 7) is 3.88. The van der Waals surface area contributed by atoms with Crippen molar-refractivity contribution in [3.05, 3.63) is 35.0 Å². The van der Waals surface area contributed by atoms with Crippen LogP contribution in [-0.4, -0.2) is 30.7 Å². The van der Waals surface area contributed by atoms with E-state index in [1.54, 1.807) is 6.08 Å². The molecule has 8 heteroatoms. The van der Waals surface area contributed by atoms with Gasteiger partial charge in [-0.25, -0.2) is 4.98 Å². The Balaban J connectivity index is 1.84. The predicted octanol–water partition coefficient (Wildman–Crippen LogP) is 2.85. The van der Waals surface area contributed by atoms with Gasteiger partial charge < -0.3 is 4.57 Å². The number of benzene rings is 1. The summed E-state index contributed by atoms with van der Waals surface area (Å²) >= 11 is 6.38. The zero-order chi connectivity index (χ0) is 18.1. The number of hydrazine groups is 1. The second-order valence-electron chi connectivity index (χ2n) is 6.17. The Morgan fingerprint density at radius 1 is 1.40 bits per heavy atom. The molecular weight excluding hydrogens is 356 g/mol. The number of nitrogens with one attached hydrogen (secondary N) is 1. The molecule has 6 nitrogen and oxygen atoms in total. The molecule has 0 saturated carbocycles. The molecule has 0 radical (unpaired) electrons. The minimum atomic E-state index is -0.334. The van der Waals surface area contributed by atoms with Gasteiger partial charge in [0.1, 0.15) is 5.82 Å². The van der Waals surface area contributed by atoms with Crippen LogP contribution >= 0.6 is 24.0 Å². The first kappa shape index (κ1) is 17.6. The SMILES string of the molecule is CC(C)CC(=O)NN1C(=O)/C(=C\c2nc3ccccc3n2C)SC1=S. The van der Waals surface area contributed by atoms with Gasteiger partial charge in [-0.3, -0.25) is 15.0 Å². The van der Waals surface area contributed by atoms with Crippen molar-refractivity contribution in [2.24, 2.45) is 13.0 Å². The van der Waals surface area contributed by atoms with Crippen LogP contribution in [0.2, 0.25) is 0 Å². The highest BCUT2D eigenvalue weighted by molar-refractivity contribution is 8.26. The Kier molecular flexibility index (Phi) is 4.91. The van der Waals surface area contributed by atoms with Crippen molar-refractivity contribution in [3.63, 3.8) is 0 Å². The fraction of sp³-hybridized carbons (Fsp3) is 0.294. The number of para-hydroxylation sites is 2. The largest absolute Gasteiger partial charge is 0.328 e. The Morgan fingerprint density at radius 3 is 2.80 bits per heavy atom. The lowest BCUT2D eigenvalue weighted by Gasteiger charge is -2.16. The van der Waals surface area contributed by atoms with Crippen molar-refractivity contribution in [3.8, 4) is 0 Å². The molecule has 25 heavy (non-hydrogen) atoms. The van der Waals surface area contributed by atoms with E-state index < -0.39 is 0 Å². The van der Waals surface area contributed by atoms with Crippen molar-refractivity contribution in [2.75, 3.05) is 0 Å². The minimum absolute atomic E-state index is 0.203. The van der Waals surface area contributed by atoms with E-state index in [9.17, 15) is 9.59 Å². The van der Waals surface area contributed by atoms with Crippen LogP contribution in [0.4, 0.5) is 0 Å². The van der Waals surface area contributed by atoms with Crippen molar-refractivity contribution in [2.45, 2.75) is 20.3 Å². The van der Waals surface area contributed by atoms with Crippen LogP contribution in [0.25, 0.3) is 17.1 Å². The van der Waals surface area contributed by atoms with Gasteiger partial charge in [0.15, 0.2) is 4.32 Å². The van der Waals surface area contributed by atoms with Crippen LogP contribution in [0, 0.1) is 5.92 Å². The number of carbonyl (C=O) groups is 2. The Bertz CT molecular complexity index is 901. The number of amides is 2. The van der Waals surface area contributed by atoms with Crippen LogP contribution in [0.3, 0.4) is 0 Å². The molecule has 1 saturated heterocycles. The highest BCUT2D eigenvalue weighted by Crippen LogP contribution is 2.31. The van der Waals surface area contributed by atoms with Gasteiger partial charge in [0, 0.05) is 19.5 Å². The number of fused-ring (bicyclic) bond motifs is 1. The number of aromatic nitrogens is 2. The Morgan fingerprint density at radius 2 is 2.12 bits per heavy atom. The van der Waals surface area contributed by atoms with E-state index in [-0.39, 0.29) is 17.7 Å². The summed E-state index contributed by atoms with van der Waals surface area (Å²) in [6.07, 6.45) is 2.04. The lowest BCUT2D eigenvalue weighted by atomic mass is 10.1. The molecule has 1 N–H and O–H groups in total. The molecule has 2 aromatic rings. The number of nitrogens with zero attached hydrogens (tertiary/aromatic N) is 3. The number of imidazole rings is 1. The van der Waals surface area contributed by atoms with Gasteiger partial charge >= 0.3 is 0 Å². The first-order chi connectivity index (χ1) is 11.9. The Hall–Kier alpha value is -2.19. The monoisotopic (exact) mass is 374 g/mol. The number of aryl methyl sites for hydroxylation is 1. The molecule has 1 aromatic carbocycles. The molecule has 2 amide bonds. The van der Waals surface area contributed by atoms with E-state index in [4.69, 9.17) is 12.2 Å². The van der Waals surface area contributed by atoms with Crippen molar-refractivity contribution >= 4 is 57.2 Å². The maximum atomic E-state index is 12.6. The van der Waals surface area contributed by atoms with E-state index in [1.165, 1.54) is 0 Å². The quantitative estimate of drug-likeness (QED) is 0.658. The lowest BCUT2D eigenvalue weighted by Crippen LogP contribution is -2.45. The summed E-state index contributed by atoms with van der Waals surface area (Å²) in [6, 6.07) is 7.75. The second-order valence-corrected chi connectivity index (χ2v) is 7.84. The number of carbonyl (C=O) groups excluding carboxylic acids is 2. The molecular formula is C17H18N4O2S2. The van der Waals surface area contributed by atoms with Crippen LogP contribution < -0.4 is 5.43 Å². The third-order valence-electron chi connectivity index (χ3n) is 3.71. The molecule has 0 atom stereocenters. The maximum absolute atomic E-state index is 12.6. The van der Waals surface area contributed by atoms with Crippen LogP contribution in [0.5, 0.6) is 0 Å². The minimum Gasteiger partial charge on any atom is -0.328 e. The zero-order valence-corrected chi connectivity index (χ0v) is 15.8. The van der Waals surface area contributed by atoms with Gasteiger partial charge in [0.05, 0.1) is 15.9 Å². The van der Waals surface area contributed by atoms with E-state index in [0.717, 1.165) is 27.8 Å². The maximum Gasteiger partial charge on any atom is 0.285 e. The molecule has 0 spiro atoms. The average Bonchev–Trinajstić information content (AvgIpc) is 2.99. The highest BCUT2D eigenvalue weighted by atomic mass is 32.2. The molecule has 0 bridgehead atoms. The summed E-state index contributed by atoms with van der Waals surface area (Å²) in [5, 5.41) is 1.14. The third kappa shape index (κ3) is 3.59. The summed E-state index contributed by atoms with van der Waals surface area (Å²) in [4.78, 5) is 29.5. The fourth-order valence-corrected chi connectivity index (χ4v) is 3.66. The molecule has 3 rings (SSSR count). The van der Waals surface area contributed by atoms with Crippen molar-refractivity contribution in [1.29, 1.82) is 0 Å². The number of rotatable bonds is 4. The summed E-state index contributed by atoms with van der Waals surface area (Å²) in [7, 11) is 1.90. The zero-order valence-electron chi connectivity index (χ0n) is 14.1. The molecule has 0 aliphatic carbocycles. The molecule has 0 unspecified atom stereocenters. The highest BCUT2D eigenvalue weighted by Gasteiger charge is 2.34. The van der Waals surface area contributed by atoms with Gasteiger partial charge in [-0.2, -0.15) is 5.01 Å². The third-order valence-corrected chi connectivity index (χ3v) is 5.01. The standard InChI is InChI=1S/C17H18N4O2S2/c1-10(2)8-15(22)19-21-16(23)13(25-17(21)24)9-14-18-11-6-4-5-7-12(11)20(14)3/h4-7,9-10H,8H2,1-3H3,(H,19,22)/b13-9+. The summed E-state index contributed by atoms with van der Waals surface area (Å²) in [5.41, 5.74) is 4.42. The molecule has 1 aromatic heterocycles. The average molecular weight is 374 g/mol. The fourth-order valence-electron chi connectivity index (χ4n) is 2.52.